The van der Waals surface area contributed by atoms with Crippen molar-refractivity contribution in [2.24, 2.45) is 65.1 Å². The molecule has 0 saturated heterocycles. The molecular formula is C53H94F10. The molecule has 0 N–H and O–H groups in total. The summed E-state index contributed by atoms with van der Waals surface area (Å²) in [5, 5.41) is 0. The Balaban J connectivity index is 0.000000380. The highest BCUT2D eigenvalue weighted by molar-refractivity contribution is 5.01. The zero-order valence-electron chi connectivity index (χ0n) is 42.1. The fraction of sp³-hybridized carbons (Fsp3) is 0.962. The van der Waals surface area contributed by atoms with Crippen molar-refractivity contribution in [3.8, 4) is 0 Å². The summed E-state index contributed by atoms with van der Waals surface area (Å²) in [5.74, 6) is -2.18. The smallest absolute Gasteiger partial charge is 0.244 e. The molecule has 63 heavy (non-hydrogen) atoms. The van der Waals surface area contributed by atoms with Crippen molar-refractivity contribution >= 4 is 0 Å². The van der Waals surface area contributed by atoms with E-state index in [4.69, 9.17) is 0 Å². The molecule has 0 spiro atoms. The molecule has 0 amide bonds. The van der Waals surface area contributed by atoms with Crippen LogP contribution in [-0.2, 0) is 0 Å². The molecule has 0 heterocycles. The zero-order chi connectivity index (χ0) is 48.6. The summed E-state index contributed by atoms with van der Waals surface area (Å²) in [4.78, 5) is 0. The Hall–Kier alpha value is -0.960. The molecule has 0 aliphatic heterocycles. The third-order valence-corrected chi connectivity index (χ3v) is 13.2. The molecule has 0 aromatic rings. The van der Waals surface area contributed by atoms with E-state index >= 15 is 0 Å². The maximum Gasteiger partial charge on any atom is 0.281 e. The lowest BCUT2D eigenvalue weighted by atomic mass is 9.73. The van der Waals surface area contributed by atoms with Crippen LogP contribution >= 0.6 is 0 Å². The minimum Gasteiger partial charge on any atom is -0.244 e. The van der Waals surface area contributed by atoms with Crippen molar-refractivity contribution in [2.45, 2.75) is 260 Å². The summed E-state index contributed by atoms with van der Waals surface area (Å²) >= 11 is 0. The van der Waals surface area contributed by atoms with Gasteiger partial charge in [0.2, 0.25) is 5.92 Å². The summed E-state index contributed by atoms with van der Waals surface area (Å²) in [6.45, 7) is 26.3. The highest BCUT2D eigenvalue weighted by Gasteiger charge is 2.58. The second-order valence-corrected chi connectivity index (χ2v) is 23.7. The fourth-order valence-electron chi connectivity index (χ4n) is 10.9. The molecule has 4 unspecified atom stereocenters. The number of halogens is 10. The summed E-state index contributed by atoms with van der Waals surface area (Å²) in [6, 6.07) is 0. The van der Waals surface area contributed by atoms with E-state index in [1.165, 1.54) is 51.4 Å². The maximum atomic E-state index is 13.3. The van der Waals surface area contributed by atoms with Crippen LogP contribution in [0.5, 0.6) is 0 Å². The highest BCUT2D eigenvalue weighted by atomic mass is 19.3. The number of hydrogen-bond acceptors (Lipinski definition) is 0. The Bertz CT molecular complexity index is 1160. The molecule has 0 radical (unpaired) electrons. The van der Waals surface area contributed by atoms with Crippen LogP contribution < -0.4 is 0 Å². The Morgan fingerprint density at radius 2 is 0.810 bits per heavy atom. The molecule has 10 heteroatoms. The fourth-order valence-corrected chi connectivity index (χ4v) is 10.9. The average Bonchev–Trinajstić information content (AvgIpc) is 3.85. The Morgan fingerprint density at radius 1 is 0.444 bits per heavy atom. The van der Waals surface area contributed by atoms with E-state index in [1.807, 2.05) is 27.7 Å². The molecule has 6 rings (SSSR count). The number of hydrogen-bond donors (Lipinski definition) is 0. The summed E-state index contributed by atoms with van der Waals surface area (Å²) in [6.07, 6.45) is 16.5. The molecule has 5 saturated carbocycles. The third kappa shape index (κ3) is 25.7. The number of rotatable bonds is 12. The van der Waals surface area contributed by atoms with E-state index in [-0.39, 0.29) is 43.9 Å². The maximum absolute atomic E-state index is 13.3. The van der Waals surface area contributed by atoms with Gasteiger partial charge >= 0.3 is 0 Å². The van der Waals surface area contributed by atoms with Crippen LogP contribution in [0.3, 0.4) is 0 Å². The van der Waals surface area contributed by atoms with Gasteiger partial charge in [0.05, 0.1) is 0 Å². The minimum atomic E-state index is -3.12. The predicted molar refractivity (Wildman–Crippen MR) is 246 cm³/mol. The summed E-state index contributed by atoms with van der Waals surface area (Å²) in [5.41, 5.74) is -3.86. The van der Waals surface area contributed by atoms with E-state index in [9.17, 15) is 43.9 Å². The predicted octanol–water partition coefficient (Wildman–Crippen LogP) is 19.4. The van der Waals surface area contributed by atoms with Crippen molar-refractivity contribution in [3.63, 3.8) is 0 Å². The molecule has 5 fully saturated rings. The molecule has 0 bridgehead atoms. The van der Waals surface area contributed by atoms with Crippen LogP contribution in [0.2, 0.25) is 0 Å². The van der Waals surface area contributed by atoms with E-state index in [1.54, 1.807) is 0 Å². The van der Waals surface area contributed by atoms with Crippen molar-refractivity contribution in [2.75, 3.05) is 0 Å². The van der Waals surface area contributed by atoms with Gasteiger partial charge in [-0.15, -0.1) is 0 Å². The summed E-state index contributed by atoms with van der Waals surface area (Å²) < 4.78 is 127. The van der Waals surface area contributed by atoms with Crippen molar-refractivity contribution in [1.29, 1.82) is 0 Å². The molecule has 6 aliphatic carbocycles. The number of allylic oxidation sites excluding steroid dienone is 2. The lowest BCUT2D eigenvalue weighted by molar-refractivity contribution is -0.175. The van der Waals surface area contributed by atoms with Crippen molar-refractivity contribution in [3.05, 3.63) is 12.2 Å². The van der Waals surface area contributed by atoms with Crippen LogP contribution in [0.15, 0.2) is 12.2 Å². The lowest BCUT2D eigenvalue weighted by Crippen LogP contribution is -2.49. The average molecular weight is 921 g/mol. The molecule has 4 atom stereocenters. The largest absolute Gasteiger partial charge is 0.281 e. The molecule has 0 nitrogen and oxygen atoms in total. The van der Waals surface area contributed by atoms with Gasteiger partial charge in [0, 0.05) is 32.1 Å². The zero-order valence-corrected chi connectivity index (χ0v) is 42.1. The number of alkyl halides is 10. The van der Waals surface area contributed by atoms with E-state index in [2.05, 4.69) is 67.5 Å². The lowest BCUT2D eigenvalue weighted by Gasteiger charge is -2.41. The normalized spacial score (nSPS) is 29.2. The first-order valence-corrected chi connectivity index (χ1v) is 25.2. The second kappa shape index (κ2) is 27.1. The van der Waals surface area contributed by atoms with Gasteiger partial charge in [-0.05, 0) is 143 Å². The van der Waals surface area contributed by atoms with Crippen LogP contribution in [0.25, 0.3) is 0 Å². The monoisotopic (exact) mass is 921 g/mol. The third-order valence-electron chi connectivity index (χ3n) is 13.2. The van der Waals surface area contributed by atoms with Gasteiger partial charge in [0.15, 0.2) is 5.67 Å². The van der Waals surface area contributed by atoms with E-state index in [0.717, 1.165) is 43.4 Å². The second-order valence-electron chi connectivity index (χ2n) is 23.7. The Labute approximate surface area is 380 Å². The van der Waals surface area contributed by atoms with Crippen molar-refractivity contribution in [1.82, 2.24) is 0 Å². The molecule has 0 aromatic heterocycles. The molecular weight excluding hydrogens is 827 g/mol. The van der Waals surface area contributed by atoms with Crippen molar-refractivity contribution < 1.29 is 43.9 Å². The van der Waals surface area contributed by atoms with Gasteiger partial charge in [-0.25, -0.2) is 43.9 Å². The minimum absolute atomic E-state index is 0.0121. The van der Waals surface area contributed by atoms with Gasteiger partial charge < -0.3 is 0 Å². The topological polar surface area (TPSA) is 0 Å². The first kappa shape index (κ1) is 60.1. The van der Waals surface area contributed by atoms with Crippen LogP contribution in [0, 0.1) is 65.1 Å². The Morgan fingerprint density at radius 3 is 1.14 bits per heavy atom. The summed E-state index contributed by atoms with van der Waals surface area (Å²) in [7, 11) is 0. The quantitative estimate of drug-likeness (QED) is 0.135. The van der Waals surface area contributed by atoms with Gasteiger partial charge in [0.25, 0.3) is 11.8 Å². The van der Waals surface area contributed by atoms with Gasteiger partial charge in [-0.2, -0.15) is 0 Å². The Kier molecular flexibility index (Phi) is 25.9. The highest BCUT2D eigenvalue weighted by Crippen LogP contribution is 2.52. The molecule has 376 valence electrons. The first-order chi connectivity index (χ1) is 28.7. The first-order valence-electron chi connectivity index (χ1n) is 25.2. The standard InChI is InChI=1S/C10H17F3.C9H16F2.C9H18.C9H16.C8H13F3.C8H14F2/c1-7(2)4-8-5-9(3,11)10(12,13)6-8;1-6(2)3-7-4-8(10)9(11)5-7;2*1-8(2)7-9-5-3-4-6-9;1-6(2)3-7(9)4-8(10,11)5-7;1-6(2)3-7-4-8(9,10)5-7/h7-8H,4-6H2,1-3H3;6-9H,3-5H2,1-2H3;8-9H,3-7H2,1-2H3;3-4,8-9H,5-7H2,1-2H3;6H,3-5H2,1-2H3;6-7H,3-5H2,1-2H3. The van der Waals surface area contributed by atoms with Gasteiger partial charge in [0.1, 0.15) is 18.0 Å². The van der Waals surface area contributed by atoms with E-state index < -0.39 is 54.3 Å². The van der Waals surface area contributed by atoms with Gasteiger partial charge in [-0.3, -0.25) is 0 Å². The SMILES string of the molecule is CC(C)CC1(F)CC(F)(F)C1.CC(C)CC1CC(C)(F)C(F)(F)C1.CC(C)CC1CC(F)(F)C1.CC(C)CC1CC(F)C(F)C1.CC(C)CC1CC=CC1.CC(C)CC1CCCC1. The van der Waals surface area contributed by atoms with Crippen LogP contribution in [0.1, 0.15) is 218 Å². The molecule has 6 aliphatic rings. The molecule has 0 aromatic carbocycles. The van der Waals surface area contributed by atoms with E-state index in [0.29, 0.717) is 48.9 Å². The van der Waals surface area contributed by atoms with Crippen LogP contribution in [0.4, 0.5) is 43.9 Å². The van der Waals surface area contributed by atoms with Crippen LogP contribution in [-0.4, -0.2) is 41.4 Å². The van der Waals surface area contributed by atoms with Gasteiger partial charge in [-0.1, -0.05) is 121 Å².